The smallest absolute Gasteiger partial charge is 0.321 e. The molecule has 0 aliphatic heterocycles. The number of benzene rings is 1. The first-order valence-electron chi connectivity index (χ1n) is 4.09. The van der Waals surface area contributed by atoms with Crippen molar-refractivity contribution in [1.29, 1.82) is 0 Å². The molecule has 0 spiro atoms. The molecular weight excluding hydrogens is 254 g/mol. The third kappa shape index (κ3) is 4.41. The number of hydrogen-bond donors (Lipinski definition) is 4. The van der Waals surface area contributed by atoms with E-state index in [1.165, 1.54) is 24.3 Å². The Morgan fingerprint density at radius 2 is 1.69 bits per heavy atom. The maximum Gasteiger partial charge on any atom is 0.356 e. The van der Waals surface area contributed by atoms with E-state index in [2.05, 4.69) is 0 Å². The average Bonchev–Trinajstić information content (AvgIpc) is 2.13. The molecule has 1 aromatic rings. The molecule has 0 amide bonds. The molecule has 0 radical (unpaired) electrons. The Kier molecular flexibility index (Phi) is 3.86. The molecule has 1 rings (SSSR count). The highest BCUT2D eigenvalue weighted by Gasteiger charge is 2.16. The van der Waals surface area contributed by atoms with Crippen LogP contribution in [0.1, 0.15) is 5.56 Å². The molecule has 0 aromatic heterocycles. The minimum Gasteiger partial charge on any atom is -0.321 e. The Hall–Kier alpha value is -0.740. The predicted molar refractivity (Wildman–Crippen MR) is 59.2 cm³/mol. The van der Waals surface area contributed by atoms with Crippen LogP contribution in [0.5, 0.6) is 0 Å². The van der Waals surface area contributed by atoms with Gasteiger partial charge in [-0.15, -0.1) is 0 Å². The van der Waals surface area contributed by atoms with Crippen LogP contribution in [0.15, 0.2) is 30.1 Å². The van der Waals surface area contributed by atoms with Gasteiger partial charge < -0.3 is 19.6 Å². The largest absolute Gasteiger partial charge is 0.356 e. The van der Waals surface area contributed by atoms with E-state index in [1.54, 1.807) is 0 Å². The van der Waals surface area contributed by atoms with E-state index in [4.69, 9.17) is 19.6 Å². The first kappa shape index (κ1) is 13.3. The fourth-order valence-electron chi connectivity index (χ4n) is 0.993. The van der Waals surface area contributed by atoms with Crippen molar-refractivity contribution in [1.82, 2.24) is 0 Å². The minimum absolute atomic E-state index is 0.194. The molecule has 6 nitrogen and oxygen atoms in total. The number of hydrogen-bond acceptors (Lipinski definition) is 2. The normalized spacial score (nSPS) is 13.2. The highest BCUT2D eigenvalue weighted by atomic mass is 31.2. The molecule has 8 heteroatoms. The highest BCUT2D eigenvalue weighted by molar-refractivity contribution is 7.60. The molecule has 0 unspecified atom stereocenters. The molecule has 0 atom stereocenters. The van der Waals surface area contributed by atoms with Crippen LogP contribution in [0.4, 0.5) is 0 Å². The molecule has 0 bridgehead atoms. The zero-order valence-electron chi connectivity index (χ0n) is 7.96. The average molecular weight is 264 g/mol. The number of rotatable bonds is 3. The van der Waals surface area contributed by atoms with E-state index in [1.807, 2.05) is 0 Å². The van der Waals surface area contributed by atoms with Gasteiger partial charge in [-0.25, -0.2) is 0 Å². The summed E-state index contributed by atoms with van der Waals surface area (Å²) < 4.78 is 21.4. The minimum atomic E-state index is -4.34. The molecule has 0 aliphatic rings. The topological polar surface area (TPSA) is 115 Å². The van der Waals surface area contributed by atoms with Crippen LogP contribution in [0.3, 0.4) is 0 Å². The van der Waals surface area contributed by atoms with Gasteiger partial charge in [-0.1, -0.05) is 12.1 Å². The summed E-state index contributed by atoms with van der Waals surface area (Å²) >= 11 is 0. The van der Waals surface area contributed by atoms with Gasteiger partial charge in [0.05, 0.1) is 5.30 Å². The van der Waals surface area contributed by atoms with Crippen LogP contribution in [0.2, 0.25) is 0 Å². The molecule has 4 N–H and O–H groups in total. The first-order valence-corrected chi connectivity index (χ1v) is 7.38. The Morgan fingerprint density at radius 1 is 1.06 bits per heavy atom. The Morgan fingerprint density at radius 3 is 2.19 bits per heavy atom. The standard InChI is InChI=1S/C8H10O6P2/c9-15(10,11)5-4-7-2-1-3-8(6-7)16(12,13)14/h1-6H,(H2,9,10,11)(H2,12,13,14). The van der Waals surface area contributed by atoms with E-state index in [-0.39, 0.29) is 5.30 Å². The lowest BCUT2D eigenvalue weighted by Gasteiger charge is -2.04. The summed E-state index contributed by atoms with van der Waals surface area (Å²) in [6, 6.07) is 5.29. The third-order valence-corrected chi connectivity index (χ3v) is 3.16. The van der Waals surface area contributed by atoms with Crippen molar-refractivity contribution >= 4 is 26.6 Å². The van der Waals surface area contributed by atoms with E-state index in [0.29, 0.717) is 11.4 Å². The third-order valence-electron chi connectivity index (χ3n) is 1.67. The van der Waals surface area contributed by atoms with Crippen molar-refractivity contribution in [3.63, 3.8) is 0 Å². The fraction of sp³-hybridized carbons (Fsp3) is 0. The van der Waals surface area contributed by atoms with E-state index >= 15 is 0 Å². The van der Waals surface area contributed by atoms with Crippen LogP contribution in [-0.4, -0.2) is 19.6 Å². The molecule has 0 saturated heterocycles. The lowest BCUT2D eigenvalue weighted by atomic mass is 10.2. The maximum absolute atomic E-state index is 10.9. The molecule has 88 valence electrons. The predicted octanol–water partition coefficient (Wildman–Crippen LogP) is 0.638. The zero-order valence-corrected chi connectivity index (χ0v) is 9.75. The second-order valence-corrected chi connectivity index (χ2v) is 6.12. The molecule has 16 heavy (non-hydrogen) atoms. The van der Waals surface area contributed by atoms with Crippen molar-refractivity contribution in [3.05, 3.63) is 35.6 Å². The van der Waals surface area contributed by atoms with Gasteiger partial charge in [0.2, 0.25) is 0 Å². The van der Waals surface area contributed by atoms with Gasteiger partial charge in [0, 0.05) is 5.82 Å². The van der Waals surface area contributed by atoms with Crippen LogP contribution in [0, 0.1) is 0 Å². The molecule has 0 aliphatic carbocycles. The van der Waals surface area contributed by atoms with Crippen LogP contribution >= 0.6 is 15.2 Å². The van der Waals surface area contributed by atoms with Gasteiger partial charge in [0.1, 0.15) is 0 Å². The van der Waals surface area contributed by atoms with Gasteiger partial charge in [-0.2, -0.15) is 0 Å². The van der Waals surface area contributed by atoms with Gasteiger partial charge in [-0.3, -0.25) is 9.13 Å². The molecule has 0 heterocycles. The van der Waals surface area contributed by atoms with E-state index in [0.717, 1.165) is 6.08 Å². The first-order chi connectivity index (χ1) is 7.18. The molecule has 1 aromatic carbocycles. The second kappa shape index (κ2) is 4.63. The zero-order chi connectivity index (χ0) is 12.4. The van der Waals surface area contributed by atoms with Crippen molar-refractivity contribution in [2.75, 3.05) is 0 Å². The van der Waals surface area contributed by atoms with E-state index in [9.17, 15) is 9.13 Å². The summed E-state index contributed by atoms with van der Waals surface area (Å²) in [5.41, 5.74) is 0.309. The lowest BCUT2D eigenvalue weighted by Crippen LogP contribution is -2.03. The lowest BCUT2D eigenvalue weighted by molar-refractivity contribution is 0.385. The summed E-state index contributed by atoms with van der Waals surface area (Å²) in [6.07, 6.45) is 1.11. The summed E-state index contributed by atoms with van der Waals surface area (Å²) in [4.78, 5) is 34.9. The van der Waals surface area contributed by atoms with Crippen molar-refractivity contribution in [2.45, 2.75) is 0 Å². The Bertz CT molecular complexity index is 497. The maximum atomic E-state index is 10.9. The van der Waals surface area contributed by atoms with Gasteiger partial charge in [0.15, 0.2) is 0 Å². The van der Waals surface area contributed by atoms with Gasteiger partial charge >= 0.3 is 15.2 Å². The summed E-state index contributed by atoms with van der Waals surface area (Å²) in [5.74, 6) is 0.672. The highest BCUT2D eigenvalue weighted by Crippen LogP contribution is 2.37. The monoisotopic (exact) mass is 264 g/mol. The van der Waals surface area contributed by atoms with E-state index < -0.39 is 15.2 Å². The van der Waals surface area contributed by atoms with Crippen LogP contribution < -0.4 is 5.30 Å². The van der Waals surface area contributed by atoms with Gasteiger partial charge in [-0.05, 0) is 23.8 Å². The van der Waals surface area contributed by atoms with Crippen molar-refractivity contribution < 1.29 is 28.7 Å². The Balaban J connectivity index is 3.06. The molecule has 0 fully saturated rings. The fourth-order valence-corrected chi connectivity index (χ4v) is 1.96. The van der Waals surface area contributed by atoms with Crippen molar-refractivity contribution in [3.8, 4) is 0 Å². The van der Waals surface area contributed by atoms with Crippen LogP contribution in [-0.2, 0) is 9.13 Å². The summed E-state index contributed by atoms with van der Waals surface area (Å²) in [7, 11) is -8.60. The second-order valence-electron chi connectivity index (χ2n) is 3.04. The summed E-state index contributed by atoms with van der Waals surface area (Å²) in [5, 5.41) is -0.194. The quantitative estimate of drug-likeness (QED) is 0.595. The van der Waals surface area contributed by atoms with Crippen molar-refractivity contribution in [2.24, 2.45) is 0 Å². The molecule has 0 saturated carbocycles. The van der Waals surface area contributed by atoms with Crippen LogP contribution in [0.25, 0.3) is 6.08 Å². The Labute approximate surface area is 91.6 Å². The molecular formula is C8H10O6P2. The summed E-state index contributed by atoms with van der Waals surface area (Å²) in [6.45, 7) is 0. The van der Waals surface area contributed by atoms with Gasteiger partial charge in [0.25, 0.3) is 0 Å². The SMILES string of the molecule is O=P(O)(O)C=Cc1cccc(P(=O)(O)O)c1.